The van der Waals surface area contributed by atoms with Gasteiger partial charge in [-0.2, -0.15) is 0 Å². The Balaban J connectivity index is 1.58. The number of aromatic nitrogens is 3. The summed E-state index contributed by atoms with van der Waals surface area (Å²) in [5.74, 6) is -0.488. The molecule has 28 heavy (non-hydrogen) atoms. The zero-order chi connectivity index (χ0) is 20.1. The van der Waals surface area contributed by atoms with Gasteiger partial charge in [0, 0.05) is 24.7 Å². The molecule has 7 nitrogen and oxygen atoms in total. The van der Waals surface area contributed by atoms with Crippen molar-refractivity contribution in [3.63, 3.8) is 0 Å². The van der Waals surface area contributed by atoms with Crippen LogP contribution in [0.15, 0.2) is 48.7 Å². The largest absolute Gasteiger partial charge is 0.354 e. The number of rotatable bonds is 7. The zero-order valence-corrected chi connectivity index (χ0v) is 15.7. The first kappa shape index (κ1) is 19.5. The minimum atomic E-state index is -0.701. The first-order valence-electron chi connectivity index (χ1n) is 9.08. The maximum Gasteiger partial charge on any atom is 0.251 e. The van der Waals surface area contributed by atoms with Crippen LogP contribution in [-0.2, 0) is 11.2 Å². The molecule has 1 atom stereocenters. The molecule has 0 saturated heterocycles. The molecule has 0 aliphatic carbocycles. The van der Waals surface area contributed by atoms with Crippen molar-refractivity contribution in [1.29, 1.82) is 0 Å². The van der Waals surface area contributed by atoms with Crippen LogP contribution in [0.1, 0.15) is 30.0 Å². The fraction of sp³-hybridized carbons (Fsp3) is 0.300. The molecule has 0 saturated carbocycles. The fourth-order valence-corrected chi connectivity index (χ4v) is 2.83. The normalized spacial score (nSPS) is 12.1. The topological polar surface area (TPSA) is 88.4 Å². The fourth-order valence-electron chi connectivity index (χ4n) is 2.83. The molecule has 3 aromatic rings. The average molecular weight is 383 g/mol. The van der Waals surface area contributed by atoms with Gasteiger partial charge in [0.1, 0.15) is 17.7 Å². The Labute approximate surface area is 162 Å². The second-order valence-corrected chi connectivity index (χ2v) is 6.79. The number of nitrogens with zero attached hydrogens (tertiary/aromatic N) is 3. The van der Waals surface area contributed by atoms with E-state index in [1.165, 1.54) is 24.3 Å². The molecule has 0 bridgehead atoms. The van der Waals surface area contributed by atoms with Gasteiger partial charge in [-0.15, -0.1) is 10.2 Å². The number of carbonyl (C=O) groups excluding carboxylic acids is 2. The van der Waals surface area contributed by atoms with Gasteiger partial charge in [-0.05, 0) is 42.3 Å². The lowest BCUT2D eigenvalue weighted by Crippen LogP contribution is -2.50. The van der Waals surface area contributed by atoms with Crippen molar-refractivity contribution in [1.82, 2.24) is 25.2 Å². The molecule has 0 aliphatic heterocycles. The molecular formula is C20H22FN5O2. The number of fused-ring (bicyclic) bond motifs is 1. The third-order valence-electron chi connectivity index (χ3n) is 4.37. The van der Waals surface area contributed by atoms with Crippen molar-refractivity contribution < 1.29 is 14.0 Å². The maximum atomic E-state index is 13.0. The highest BCUT2D eigenvalue weighted by atomic mass is 19.1. The van der Waals surface area contributed by atoms with Crippen LogP contribution in [0.3, 0.4) is 0 Å². The van der Waals surface area contributed by atoms with Crippen molar-refractivity contribution in [3.05, 3.63) is 65.9 Å². The molecule has 0 fully saturated rings. The van der Waals surface area contributed by atoms with E-state index in [0.717, 1.165) is 11.5 Å². The summed E-state index contributed by atoms with van der Waals surface area (Å²) in [4.78, 5) is 24.9. The standard InChI is InChI=1S/C20H22FN5O2/c1-13(2)18(23-19(27)14-6-8-15(21)9-7-14)20(28)22-11-10-17-25-24-16-5-3-4-12-26(16)17/h3-9,12-13,18H,10-11H2,1-2H3,(H,22,28)(H,23,27). The van der Waals surface area contributed by atoms with Crippen LogP contribution in [0.2, 0.25) is 0 Å². The zero-order valence-electron chi connectivity index (χ0n) is 15.7. The number of halogens is 1. The van der Waals surface area contributed by atoms with Crippen molar-refractivity contribution in [3.8, 4) is 0 Å². The van der Waals surface area contributed by atoms with E-state index in [1.54, 1.807) is 0 Å². The van der Waals surface area contributed by atoms with Crippen LogP contribution in [0.25, 0.3) is 5.65 Å². The van der Waals surface area contributed by atoms with Crippen LogP contribution >= 0.6 is 0 Å². The summed E-state index contributed by atoms with van der Waals surface area (Å²) in [6.45, 7) is 4.06. The summed E-state index contributed by atoms with van der Waals surface area (Å²) in [5, 5.41) is 13.8. The quantitative estimate of drug-likeness (QED) is 0.653. The van der Waals surface area contributed by atoms with Gasteiger partial charge in [-0.3, -0.25) is 14.0 Å². The van der Waals surface area contributed by atoms with Crippen LogP contribution in [0, 0.1) is 11.7 Å². The predicted molar refractivity (Wildman–Crippen MR) is 102 cm³/mol. The maximum absolute atomic E-state index is 13.0. The van der Waals surface area contributed by atoms with Gasteiger partial charge < -0.3 is 10.6 Å². The smallest absolute Gasteiger partial charge is 0.251 e. The molecule has 3 rings (SSSR count). The predicted octanol–water partition coefficient (Wildman–Crippen LogP) is 1.98. The highest BCUT2D eigenvalue weighted by Gasteiger charge is 2.24. The Morgan fingerprint density at radius 3 is 2.57 bits per heavy atom. The molecule has 2 amide bonds. The minimum absolute atomic E-state index is 0.113. The Hall–Kier alpha value is -3.29. The van der Waals surface area contributed by atoms with Gasteiger partial charge in [0.05, 0.1) is 0 Å². The van der Waals surface area contributed by atoms with Gasteiger partial charge in [-0.25, -0.2) is 4.39 Å². The number of carbonyl (C=O) groups is 2. The lowest BCUT2D eigenvalue weighted by Gasteiger charge is -2.21. The van der Waals surface area contributed by atoms with Crippen LogP contribution < -0.4 is 10.6 Å². The lowest BCUT2D eigenvalue weighted by atomic mass is 10.0. The number of benzene rings is 1. The van der Waals surface area contributed by atoms with Gasteiger partial charge in [-0.1, -0.05) is 19.9 Å². The molecule has 146 valence electrons. The van der Waals surface area contributed by atoms with Crippen LogP contribution in [0.5, 0.6) is 0 Å². The second-order valence-electron chi connectivity index (χ2n) is 6.79. The second kappa shape index (κ2) is 8.60. The summed E-state index contributed by atoms with van der Waals surface area (Å²) < 4.78 is 14.9. The van der Waals surface area contributed by atoms with Crippen molar-refractivity contribution in [2.45, 2.75) is 26.3 Å². The molecule has 1 aromatic carbocycles. The van der Waals surface area contributed by atoms with Gasteiger partial charge >= 0.3 is 0 Å². The molecule has 0 radical (unpaired) electrons. The number of amides is 2. The Bertz CT molecular complexity index is 968. The first-order chi connectivity index (χ1) is 13.5. The average Bonchev–Trinajstić information content (AvgIpc) is 3.09. The van der Waals surface area contributed by atoms with Crippen LogP contribution in [-0.4, -0.2) is 39.0 Å². The first-order valence-corrected chi connectivity index (χ1v) is 9.08. The van der Waals surface area contributed by atoms with E-state index in [4.69, 9.17) is 0 Å². The molecule has 2 heterocycles. The third-order valence-corrected chi connectivity index (χ3v) is 4.37. The van der Waals surface area contributed by atoms with Gasteiger partial charge in [0.25, 0.3) is 5.91 Å². The molecule has 0 aliphatic rings. The molecular weight excluding hydrogens is 361 g/mol. The molecule has 8 heteroatoms. The van der Waals surface area contributed by atoms with Crippen LogP contribution in [0.4, 0.5) is 4.39 Å². The number of nitrogens with one attached hydrogen (secondary N) is 2. The van der Waals surface area contributed by atoms with Crippen molar-refractivity contribution in [2.75, 3.05) is 6.54 Å². The van der Waals surface area contributed by atoms with Gasteiger partial charge in [0.15, 0.2) is 5.65 Å². The van der Waals surface area contributed by atoms with Gasteiger partial charge in [0.2, 0.25) is 5.91 Å². The summed E-state index contributed by atoms with van der Waals surface area (Å²) in [5.41, 5.74) is 1.05. The van der Waals surface area contributed by atoms with E-state index in [0.29, 0.717) is 18.5 Å². The summed E-state index contributed by atoms with van der Waals surface area (Å²) in [7, 11) is 0. The summed E-state index contributed by atoms with van der Waals surface area (Å²) in [6.07, 6.45) is 2.37. The summed E-state index contributed by atoms with van der Waals surface area (Å²) in [6, 6.07) is 10.1. The number of hydrogen-bond acceptors (Lipinski definition) is 4. The minimum Gasteiger partial charge on any atom is -0.354 e. The Kier molecular flexibility index (Phi) is 5.98. The van der Waals surface area contributed by atoms with E-state index in [9.17, 15) is 14.0 Å². The molecule has 1 unspecified atom stereocenters. The number of hydrogen-bond donors (Lipinski definition) is 2. The Morgan fingerprint density at radius 1 is 1.11 bits per heavy atom. The molecule has 2 N–H and O–H groups in total. The highest BCUT2D eigenvalue weighted by molar-refractivity contribution is 5.97. The van der Waals surface area contributed by atoms with E-state index in [-0.39, 0.29) is 11.8 Å². The van der Waals surface area contributed by atoms with E-state index in [1.807, 2.05) is 42.6 Å². The lowest BCUT2D eigenvalue weighted by molar-refractivity contribution is -0.123. The monoisotopic (exact) mass is 383 g/mol. The molecule has 0 spiro atoms. The van der Waals surface area contributed by atoms with E-state index >= 15 is 0 Å². The highest BCUT2D eigenvalue weighted by Crippen LogP contribution is 2.07. The van der Waals surface area contributed by atoms with Crippen molar-refractivity contribution >= 4 is 17.5 Å². The Morgan fingerprint density at radius 2 is 1.86 bits per heavy atom. The third kappa shape index (κ3) is 4.51. The SMILES string of the molecule is CC(C)C(NC(=O)c1ccc(F)cc1)C(=O)NCCc1nnc2ccccn12. The molecule has 2 aromatic heterocycles. The number of pyridine rings is 1. The van der Waals surface area contributed by atoms with E-state index in [2.05, 4.69) is 20.8 Å². The van der Waals surface area contributed by atoms with Crippen molar-refractivity contribution in [2.24, 2.45) is 5.92 Å². The summed E-state index contributed by atoms with van der Waals surface area (Å²) >= 11 is 0. The van der Waals surface area contributed by atoms with E-state index < -0.39 is 17.8 Å².